The predicted octanol–water partition coefficient (Wildman–Crippen LogP) is 9.08. The first-order valence-electron chi connectivity index (χ1n) is 12.8. The second kappa shape index (κ2) is 12.7. The molecule has 174 valence electrons. The van der Waals surface area contributed by atoms with Crippen molar-refractivity contribution in [1.29, 1.82) is 0 Å². The smallest absolute Gasteiger partial charge is 0.162 e. The second-order valence-corrected chi connectivity index (χ2v) is 9.96. The van der Waals surface area contributed by atoms with Gasteiger partial charge in [-0.25, -0.2) is 8.78 Å². The third-order valence-electron chi connectivity index (χ3n) is 7.89. The van der Waals surface area contributed by atoms with Crippen LogP contribution in [0.4, 0.5) is 13.2 Å². The molecule has 0 amide bonds. The minimum absolute atomic E-state index is 0.182. The molecular formula is C28H41F3. The minimum Gasteiger partial charge on any atom is -0.251 e. The molecule has 0 N–H and O–H groups in total. The fourth-order valence-electron chi connectivity index (χ4n) is 5.99. The number of unbranched alkanes of at least 4 members (excludes halogenated alkanes) is 1. The van der Waals surface area contributed by atoms with Gasteiger partial charge in [0, 0.05) is 0 Å². The van der Waals surface area contributed by atoms with E-state index in [1.165, 1.54) is 32.1 Å². The topological polar surface area (TPSA) is 0 Å². The van der Waals surface area contributed by atoms with E-state index in [1.807, 2.05) is 13.0 Å². The van der Waals surface area contributed by atoms with Crippen LogP contribution in [0.5, 0.6) is 0 Å². The van der Waals surface area contributed by atoms with E-state index < -0.39 is 11.6 Å². The maximum atomic E-state index is 14.7. The Kier molecular flexibility index (Phi) is 9.99. The molecule has 1 aromatic carbocycles. The van der Waals surface area contributed by atoms with Crippen LogP contribution in [-0.4, -0.2) is 6.67 Å². The zero-order chi connectivity index (χ0) is 22.1. The van der Waals surface area contributed by atoms with Gasteiger partial charge in [-0.2, -0.15) is 0 Å². The van der Waals surface area contributed by atoms with E-state index in [9.17, 15) is 13.2 Å². The SMILES string of the molecule is CCCc1ccc(C2CCC(C3CCC(CCC=CCCCF)CC3)CC2)c(F)c1F. The lowest BCUT2D eigenvalue weighted by molar-refractivity contribution is 0.156. The van der Waals surface area contributed by atoms with Crippen molar-refractivity contribution in [2.24, 2.45) is 17.8 Å². The van der Waals surface area contributed by atoms with Gasteiger partial charge in [0.05, 0.1) is 6.67 Å². The molecule has 0 heterocycles. The molecule has 0 nitrogen and oxygen atoms in total. The Balaban J connectivity index is 1.41. The first-order valence-corrected chi connectivity index (χ1v) is 12.8. The van der Waals surface area contributed by atoms with Crippen molar-refractivity contribution in [1.82, 2.24) is 0 Å². The highest BCUT2D eigenvalue weighted by Gasteiger charge is 2.32. The number of benzene rings is 1. The highest BCUT2D eigenvalue weighted by Crippen LogP contribution is 2.45. The molecule has 0 atom stereocenters. The summed E-state index contributed by atoms with van der Waals surface area (Å²) >= 11 is 0. The monoisotopic (exact) mass is 434 g/mol. The average Bonchev–Trinajstić information content (AvgIpc) is 2.80. The van der Waals surface area contributed by atoms with Gasteiger partial charge in [0.1, 0.15) is 0 Å². The Morgan fingerprint density at radius 2 is 1.48 bits per heavy atom. The van der Waals surface area contributed by atoms with Crippen molar-refractivity contribution in [3.8, 4) is 0 Å². The quantitative estimate of drug-likeness (QED) is 0.254. The Morgan fingerprint density at radius 1 is 0.839 bits per heavy atom. The van der Waals surface area contributed by atoms with Gasteiger partial charge in [-0.3, -0.25) is 4.39 Å². The third-order valence-corrected chi connectivity index (χ3v) is 7.89. The molecule has 31 heavy (non-hydrogen) atoms. The zero-order valence-corrected chi connectivity index (χ0v) is 19.4. The highest BCUT2D eigenvalue weighted by molar-refractivity contribution is 5.29. The molecule has 0 aromatic heterocycles. The van der Waals surface area contributed by atoms with Crippen LogP contribution in [0.15, 0.2) is 24.3 Å². The Labute approximate surface area is 187 Å². The van der Waals surface area contributed by atoms with Gasteiger partial charge in [-0.05, 0) is 105 Å². The van der Waals surface area contributed by atoms with Crippen molar-refractivity contribution < 1.29 is 13.2 Å². The van der Waals surface area contributed by atoms with Gasteiger partial charge in [0.2, 0.25) is 0 Å². The number of aryl methyl sites for hydroxylation is 1. The summed E-state index contributed by atoms with van der Waals surface area (Å²) in [4.78, 5) is 0. The lowest BCUT2D eigenvalue weighted by Crippen LogP contribution is -2.25. The molecule has 0 aliphatic heterocycles. The van der Waals surface area contributed by atoms with Crippen molar-refractivity contribution in [2.45, 2.75) is 103 Å². The van der Waals surface area contributed by atoms with Gasteiger partial charge < -0.3 is 0 Å². The van der Waals surface area contributed by atoms with Crippen LogP contribution in [0.3, 0.4) is 0 Å². The normalized spacial score (nSPS) is 27.1. The average molecular weight is 435 g/mol. The first kappa shape index (κ1) is 24.4. The molecule has 1 aromatic rings. The zero-order valence-electron chi connectivity index (χ0n) is 19.4. The van der Waals surface area contributed by atoms with E-state index in [2.05, 4.69) is 12.2 Å². The number of hydrogen-bond acceptors (Lipinski definition) is 0. The Hall–Kier alpha value is -1.25. The number of allylic oxidation sites excluding steroid dienone is 2. The van der Waals surface area contributed by atoms with Gasteiger partial charge in [0.25, 0.3) is 0 Å². The lowest BCUT2D eigenvalue weighted by atomic mass is 9.68. The standard InChI is InChI=1S/C28H41F3/c1-2-8-25-18-19-26(28(31)27(25)30)24-16-14-23(15-17-24)22-12-10-21(11-13-22)9-6-4-3-5-7-20-29/h3-4,18-19,21-24H,2,5-17,20H2,1H3. The fraction of sp³-hybridized carbons (Fsp3) is 0.714. The van der Waals surface area contributed by atoms with E-state index in [1.54, 1.807) is 6.07 Å². The molecule has 2 saturated carbocycles. The van der Waals surface area contributed by atoms with E-state index in [0.717, 1.165) is 62.7 Å². The van der Waals surface area contributed by atoms with Crippen LogP contribution >= 0.6 is 0 Å². The molecule has 0 bridgehead atoms. The van der Waals surface area contributed by atoms with E-state index in [4.69, 9.17) is 0 Å². The van der Waals surface area contributed by atoms with Crippen molar-refractivity contribution in [2.75, 3.05) is 6.67 Å². The van der Waals surface area contributed by atoms with Crippen molar-refractivity contribution in [3.63, 3.8) is 0 Å². The number of rotatable bonds is 10. The maximum Gasteiger partial charge on any atom is 0.162 e. The Bertz CT molecular complexity index is 680. The number of halogens is 3. The summed E-state index contributed by atoms with van der Waals surface area (Å²) in [5.41, 5.74) is 1.13. The Morgan fingerprint density at radius 3 is 2.13 bits per heavy atom. The first-order chi connectivity index (χ1) is 15.1. The minimum atomic E-state index is -0.614. The van der Waals surface area contributed by atoms with E-state index >= 15 is 0 Å². The largest absolute Gasteiger partial charge is 0.251 e. The van der Waals surface area contributed by atoms with Crippen molar-refractivity contribution >= 4 is 0 Å². The van der Waals surface area contributed by atoms with Crippen LogP contribution < -0.4 is 0 Å². The molecule has 3 rings (SSSR count). The van der Waals surface area contributed by atoms with Gasteiger partial charge in [-0.15, -0.1) is 0 Å². The number of hydrogen-bond donors (Lipinski definition) is 0. The molecule has 2 fully saturated rings. The van der Waals surface area contributed by atoms with Gasteiger partial charge >= 0.3 is 0 Å². The summed E-state index contributed by atoms with van der Waals surface area (Å²) in [6.07, 6.45) is 19.4. The summed E-state index contributed by atoms with van der Waals surface area (Å²) in [7, 11) is 0. The van der Waals surface area contributed by atoms with Crippen LogP contribution in [-0.2, 0) is 6.42 Å². The summed E-state index contributed by atoms with van der Waals surface area (Å²) in [5, 5.41) is 0. The fourth-order valence-corrected chi connectivity index (χ4v) is 5.99. The van der Waals surface area contributed by atoms with Crippen LogP contribution in [0, 0.1) is 29.4 Å². The highest BCUT2D eigenvalue weighted by atomic mass is 19.2. The molecule has 0 radical (unpaired) electrons. The molecule has 0 unspecified atom stereocenters. The lowest BCUT2D eigenvalue weighted by Gasteiger charge is -2.38. The summed E-state index contributed by atoms with van der Waals surface area (Å²) in [6, 6.07) is 3.66. The third kappa shape index (κ3) is 6.86. The van der Waals surface area contributed by atoms with Gasteiger partial charge in [-0.1, -0.05) is 50.5 Å². The van der Waals surface area contributed by atoms with Crippen LogP contribution in [0.1, 0.15) is 107 Å². The number of alkyl halides is 1. The van der Waals surface area contributed by atoms with Crippen LogP contribution in [0.25, 0.3) is 0 Å². The second-order valence-electron chi connectivity index (χ2n) is 9.96. The van der Waals surface area contributed by atoms with Gasteiger partial charge in [0.15, 0.2) is 11.6 Å². The van der Waals surface area contributed by atoms with E-state index in [-0.39, 0.29) is 12.6 Å². The maximum absolute atomic E-state index is 14.7. The molecule has 3 heteroatoms. The molecule has 0 saturated heterocycles. The molecular weight excluding hydrogens is 393 g/mol. The predicted molar refractivity (Wildman–Crippen MR) is 124 cm³/mol. The van der Waals surface area contributed by atoms with Crippen LogP contribution in [0.2, 0.25) is 0 Å². The van der Waals surface area contributed by atoms with E-state index in [0.29, 0.717) is 24.0 Å². The molecule has 2 aliphatic carbocycles. The summed E-state index contributed by atoms with van der Waals surface area (Å²) < 4.78 is 41.1. The summed E-state index contributed by atoms with van der Waals surface area (Å²) in [5.74, 6) is 1.42. The van der Waals surface area contributed by atoms with Crippen molar-refractivity contribution in [3.05, 3.63) is 47.0 Å². The summed E-state index contributed by atoms with van der Waals surface area (Å²) in [6.45, 7) is 1.78. The molecule has 2 aliphatic rings. The molecule has 0 spiro atoms.